The lowest BCUT2D eigenvalue weighted by atomic mass is 9.88. The molecule has 124 valence electrons. The third-order valence-electron chi connectivity index (χ3n) is 6.54. The van der Waals surface area contributed by atoms with Crippen molar-refractivity contribution < 1.29 is 4.79 Å². The molecular weight excluding hydrogens is 274 g/mol. The maximum atomic E-state index is 12.9. The van der Waals surface area contributed by atoms with Gasteiger partial charge in [0, 0.05) is 43.7 Å². The van der Waals surface area contributed by atoms with Gasteiger partial charge in [0.15, 0.2) is 0 Å². The zero-order chi connectivity index (χ0) is 15.1. The minimum absolute atomic E-state index is 0.403. The highest BCUT2D eigenvalue weighted by atomic mass is 16.2. The molecule has 4 fully saturated rings. The summed E-state index contributed by atoms with van der Waals surface area (Å²) in [6.45, 7) is 5.56. The van der Waals surface area contributed by atoms with Crippen LogP contribution in [-0.2, 0) is 4.79 Å². The van der Waals surface area contributed by atoms with Crippen LogP contribution in [-0.4, -0.2) is 59.5 Å². The van der Waals surface area contributed by atoms with Gasteiger partial charge in [-0.15, -0.1) is 0 Å². The summed E-state index contributed by atoms with van der Waals surface area (Å²) in [6.07, 6.45) is 9.86. The number of nitrogens with one attached hydrogen (secondary N) is 1. The second-order valence-electron chi connectivity index (χ2n) is 8.22. The largest absolute Gasteiger partial charge is 0.337 e. The Bertz CT molecular complexity index is 415. The van der Waals surface area contributed by atoms with Crippen LogP contribution in [0.1, 0.15) is 58.3 Å². The van der Waals surface area contributed by atoms with Gasteiger partial charge in [-0.25, -0.2) is 0 Å². The molecule has 0 aromatic heterocycles. The fourth-order valence-electron chi connectivity index (χ4n) is 5.41. The van der Waals surface area contributed by atoms with Crippen molar-refractivity contribution >= 4 is 5.91 Å². The highest BCUT2D eigenvalue weighted by Crippen LogP contribution is 2.33. The van der Waals surface area contributed by atoms with Gasteiger partial charge in [-0.2, -0.15) is 0 Å². The van der Waals surface area contributed by atoms with Gasteiger partial charge in [-0.3, -0.25) is 9.69 Å². The van der Waals surface area contributed by atoms with Gasteiger partial charge < -0.3 is 10.2 Å². The maximum Gasteiger partial charge on any atom is 0.223 e. The standard InChI is InChI=1S/C18H31N3O/c1-13-11-20-7-3-2-4-17(20)12-21(13)18(22)10-14-8-15-5-6-16(9-14)19-15/h13-17,19H,2-12H2,1H3. The molecule has 4 rings (SSSR count). The Morgan fingerprint density at radius 2 is 1.86 bits per heavy atom. The molecule has 0 aromatic rings. The molecule has 1 N–H and O–H groups in total. The van der Waals surface area contributed by atoms with Crippen LogP contribution in [0.15, 0.2) is 0 Å². The molecule has 4 aliphatic heterocycles. The predicted molar refractivity (Wildman–Crippen MR) is 87.7 cm³/mol. The van der Waals surface area contributed by atoms with Crippen LogP contribution in [0.2, 0.25) is 0 Å². The Morgan fingerprint density at radius 1 is 1.09 bits per heavy atom. The van der Waals surface area contributed by atoms with E-state index in [1.807, 2.05) is 0 Å². The highest BCUT2D eigenvalue weighted by molar-refractivity contribution is 5.77. The molecule has 4 unspecified atom stereocenters. The first-order valence-electron chi connectivity index (χ1n) is 9.48. The van der Waals surface area contributed by atoms with E-state index in [2.05, 4.69) is 22.0 Å². The van der Waals surface area contributed by atoms with Crippen molar-refractivity contribution in [1.29, 1.82) is 0 Å². The van der Waals surface area contributed by atoms with Crippen LogP contribution < -0.4 is 5.32 Å². The number of carbonyl (C=O) groups is 1. The minimum atomic E-state index is 0.403. The SMILES string of the molecule is CC1CN2CCCCC2CN1C(=O)CC1CC2CCC(C1)N2. The molecule has 4 heterocycles. The van der Waals surface area contributed by atoms with Crippen LogP contribution >= 0.6 is 0 Å². The van der Waals surface area contributed by atoms with Crippen molar-refractivity contribution in [2.45, 2.75) is 82.5 Å². The molecule has 0 radical (unpaired) electrons. The Balaban J connectivity index is 1.35. The lowest BCUT2D eigenvalue weighted by molar-refractivity contribution is -0.139. The summed E-state index contributed by atoms with van der Waals surface area (Å²) in [5, 5.41) is 3.69. The Kier molecular flexibility index (Phi) is 4.16. The van der Waals surface area contributed by atoms with Crippen molar-refractivity contribution in [1.82, 2.24) is 15.1 Å². The summed E-state index contributed by atoms with van der Waals surface area (Å²) in [5.41, 5.74) is 0. The Hall–Kier alpha value is -0.610. The minimum Gasteiger partial charge on any atom is -0.337 e. The molecule has 0 aromatic carbocycles. The molecular formula is C18H31N3O. The van der Waals surface area contributed by atoms with Crippen molar-refractivity contribution in [3.8, 4) is 0 Å². The number of piperidine rings is 2. The lowest BCUT2D eigenvalue weighted by Gasteiger charge is -2.48. The van der Waals surface area contributed by atoms with Gasteiger partial charge in [-0.1, -0.05) is 6.42 Å². The van der Waals surface area contributed by atoms with Gasteiger partial charge in [0.25, 0.3) is 0 Å². The van der Waals surface area contributed by atoms with E-state index in [1.165, 1.54) is 51.5 Å². The topological polar surface area (TPSA) is 35.6 Å². The molecule has 4 nitrogen and oxygen atoms in total. The average molecular weight is 305 g/mol. The lowest BCUT2D eigenvalue weighted by Crippen LogP contribution is -2.60. The predicted octanol–water partition coefficient (Wildman–Crippen LogP) is 1.99. The number of nitrogens with zero attached hydrogens (tertiary/aromatic N) is 2. The van der Waals surface area contributed by atoms with E-state index >= 15 is 0 Å². The highest BCUT2D eigenvalue weighted by Gasteiger charge is 2.38. The summed E-state index contributed by atoms with van der Waals surface area (Å²) < 4.78 is 0. The number of piperazine rings is 1. The summed E-state index contributed by atoms with van der Waals surface area (Å²) >= 11 is 0. The number of carbonyl (C=O) groups excluding carboxylic acids is 1. The molecule has 4 saturated heterocycles. The number of hydrogen-bond acceptors (Lipinski definition) is 3. The normalized spacial score (nSPS) is 42.2. The molecule has 1 amide bonds. The van der Waals surface area contributed by atoms with Crippen molar-refractivity contribution in [2.24, 2.45) is 5.92 Å². The first-order chi connectivity index (χ1) is 10.7. The van der Waals surface area contributed by atoms with E-state index in [0.29, 0.717) is 36.0 Å². The summed E-state index contributed by atoms with van der Waals surface area (Å²) in [7, 11) is 0. The second kappa shape index (κ2) is 6.12. The third-order valence-corrected chi connectivity index (χ3v) is 6.54. The molecule has 2 bridgehead atoms. The molecule has 0 saturated carbocycles. The van der Waals surface area contributed by atoms with Gasteiger partial charge >= 0.3 is 0 Å². The van der Waals surface area contributed by atoms with E-state index in [9.17, 15) is 4.79 Å². The van der Waals surface area contributed by atoms with Crippen LogP contribution in [0.4, 0.5) is 0 Å². The fraction of sp³-hybridized carbons (Fsp3) is 0.944. The van der Waals surface area contributed by atoms with Crippen LogP contribution in [0, 0.1) is 5.92 Å². The van der Waals surface area contributed by atoms with Crippen LogP contribution in [0.25, 0.3) is 0 Å². The summed E-state index contributed by atoms with van der Waals surface area (Å²) in [4.78, 5) is 17.7. The van der Waals surface area contributed by atoms with Gasteiger partial charge in [0.2, 0.25) is 5.91 Å². The monoisotopic (exact) mass is 305 g/mol. The molecule has 4 atom stereocenters. The van der Waals surface area contributed by atoms with E-state index < -0.39 is 0 Å². The van der Waals surface area contributed by atoms with Crippen molar-refractivity contribution in [3.05, 3.63) is 0 Å². The Labute approximate surface area is 134 Å². The first kappa shape index (κ1) is 14.9. The van der Waals surface area contributed by atoms with E-state index in [0.717, 1.165) is 19.5 Å². The zero-order valence-corrected chi connectivity index (χ0v) is 14.0. The summed E-state index contributed by atoms with van der Waals surface area (Å²) in [5.74, 6) is 1.06. The first-order valence-corrected chi connectivity index (χ1v) is 9.48. The number of fused-ring (bicyclic) bond motifs is 3. The smallest absolute Gasteiger partial charge is 0.223 e. The zero-order valence-electron chi connectivity index (χ0n) is 14.0. The summed E-state index contributed by atoms with van der Waals surface area (Å²) in [6, 6.07) is 2.44. The van der Waals surface area contributed by atoms with E-state index in [-0.39, 0.29) is 0 Å². The average Bonchev–Trinajstić information content (AvgIpc) is 2.85. The van der Waals surface area contributed by atoms with Crippen molar-refractivity contribution in [3.63, 3.8) is 0 Å². The number of amides is 1. The second-order valence-corrected chi connectivity index (χ2v) is 8.22. The third kappa shape index (κ3) is 2.92. The van der Waals surface area contributed by atoms with E-state index in [1.54, 1.807) is 0 Å². The van der Waals surface area contributed by atoms with Crippen LogP contribution in [0.5, 0.6) is 0 Å². The quantitative estimate of drug-likeness (QED) is 0.847. The van der Waals surface area contributed by atoms with Gasteiger partial charge in [0.1, 0.15) is 0 Å². The molecule has 22 heavy (non-hydrogen) atoms. The van der Waals surface area contributed by atoms with E-state index in [4.69, 9.17) is 0 Å². The molecule has 4 aliphatic rings. The fourth-order valence-corrected chi connectivity index (χ4v) is 5.41. The number of rotatable bonds is 2. The maximum absolute atomic E-state index is 12.9. The van der Waals surface area contributed by atoms with Crippen LogP contribution in [0.3, 0.4) is 0 Å². The van der Waals surface area contributed by atoms with Gasteiger partial charge in [0.05, 0.1) is 0 Å². The molecule has 0 aliphatic carbocycles. The molecule has 0 spiro atoms. The van der Waals surface area contributed by atoms with Gasteiger partial charge in [-0.05, 0) is 57.9 Å². The Morgan fingerprint density at radius 3 is 2.64 bits per heavy atom. The number of hydrogen-bond donors (Lipinski definition) is 1. The van der Waals surface area contributed by atoms with Crippen molar-refractivity contribution in [2.75, 3.05) is 19.6 Å². The molecule has 4 heteroatoms.